The first kappa shape index (κ1) is 13.1. The number of piperidine rings is 1. The van der Waals surface area contributed by atoms with E-state index in [0.717, 1.165) is 37.5 Å². The van der Waals surface area contributed by atoms with E-state index >= 15 is 0 Å². The second kappa shape index (κ2) is 6.05. The number of rotatable bonds is 4. The molecule has 20 heavy (non-hydrogen) atoms. The zero-order chi connectivity index (χ0) is 13.8. The second-order valence-electron chi connectivity index (χ2n) is 5.17. The Kier molecular flexibility index (Phi) is 3.97. The molecule has 0 amide bonds. The number of aromatic nitrogens is 2. The van der Waals surface area contributed by atoms with Crippen LogP contribution in [0.15, 0.2) is 28.8 Å². The highest BCUT2D eigenvalue weighted by molar-refractivity contribution is 5.26. The SMILES string of the molecule is Cc1ccc(OCc2nc(C3CCNCC3)no2)cc1. The Balaban J connectivity index is 1.58. The molecule has 0 aliphatic carbocycles. The molecule has 0 atom stereocenters. The van der Waals surface area contributed by atoms with Crippen LogP contribution in [0.2, 0.25) is 0 Å². The molecule has 0 spiro atoms. The van der Waals surface area contributed by atoms with Crippen molar-refractivity contribution in [1.82, 2.24) is 15.5 Å². The standard InChI is InChI=1S/C15H19N3O2/c1-11-2-4-13(5-3-11)19-10-14-17-15(18-20-14)12-6-8-16-9-7-12/h2-5,12,16H,6-10H2,1H3. The summed E-state index contributed by atoms with van der Waals surface area (Å²) in [6, 6.07) is 7.92. The number of hydrogen-bond acceptors (Lipinski definition) is 5. The molecule has 2 aromatic rings. The van der Waals surface area contributed by atoms with E-state index in [0.29, 0.717) is 18.4 Å². The van der Waals surface area contributed by atoms with Gasteiger partial charge in [0.25, 0.3) is 5.89 Å². The fourth-order valence-electron chi connectivity index (χ4n) is 2.35. The third-order valence-electron chi connectivity index (χ3n) is 3.57. The lowest BCUT2D eigenvalue weighted by Crippen LogP contribution is -2.27. The van der Waals surface area contributed by atoms with E-state index in [1.54, 1.807) is 0 Å². The van der Waals surface area contributed by atoms with Gasteiger partial charge in [0.2, 0.25) is 0 Å². The van der Waals surface area contributed by atoms with Crippen LogP contribution in [0.5, 0.6) is 5.75 Å². The van der Waals surface area contributed by atoms with Crippen molar-refractivity contribution >= 4 is 0 Å². The molecule has 2 heterocycles. The summed E-state index contributed by atoms with van der Waals surface area (Å²) < 4.78 is 10.9. The third kappa shape index (κ3) is 3.17. The van der Waals surface area contributed by atoms with Gasteiger partial charge in [-0.1, -0.05) is 22.9 Å². The van der Waals surface area contributed by atoms with E-state index in [2.05, 4.69) is 15.5 Å². The monoisotopic (exact) mass is 273 g/mol. The molecule has 1 fully saturated rings. The number of ether oxygens (including phenoxy) is 1. The van der Waals surface area contributed by atoms with E-state index in [-0.39, 0.29) is 0 Å². The highest BCUT2D eigenvalue weighted by atomic mass is 16.5. The number of hydrogen-bond donors (Lipinski definition) is 1. The topological polar surface area (TPSA) is 60.2 Å². The maximum atomic E-state index is 5.64. The number of benzene rings is 1. The highest BCUT2D eigenvalue weighted by Crippen LogP contribution is 2.22. The van der Waals surface area contributed by atoms with E-state index in [1.807, 2.05) is 31.2 Å². The summed E-state index contributed by atoms with van der Waals surface area (Å²) in [5.74, 6) is 2.58. The average Bonchev–Trinajstić information content (AvgIpc) is 2.97. The lowest BCUT2D eigenvalue weighted by atomic mass is 9.98. The molecule has 5 nitrogen and oxygen atoms in total. The molecule has 1 aromatic carbocycles. The summed E-state index contributed by atoms with van der Waals surface area (Å²) in [5, 5.41) is 7.40. The lowest BCUT2D eigenvalue weighted by molar-refractivity contribution is 0.242. The summed E-state index contributed by atoms with van der Waals surface area (Å²) >= 11 is 0. The second-order valence-corrected chi connectivity index (χ2v) is 5.17. The van der Waals surface area contributed by atoms with Crippen molar-refractivity contribution in [3.63, 3.8) is 0 Å². The quantitative estimate of drug-likeness (QED) is 0.927. The van der Waals surface area contributed by atoms with Gasteiger partial charge in [0.15, 0.2) is 12.4 Å². The maximum Gasteiger partial charge on any atom is 0.264 e. The van der Waals surface area contributed by atoms with Crippen molar-refractivity contribution in [3.05, 3.63) is 41.5 Å². The Bertz CT molecular complexity index is 545. The van der Waals surface area contributed by atoms with Crippen LogP contribution in [0.1, 0.15) is 36.0 Å². The van der Waals surface area contributed by atoms with Crippen LogP contribution in [-0.2, 0) is 6.61 Å². The van der Waals surface area contributed by atoms with Gasteiger partial charge in [-0.3, -0.25) is 0 Å². The minimum Gasteiger partial charge on any atom is -0.484 e. The molecule has 1 aliphatic heterocycles. The van der Waals surface area contributed by atoms with Crippen LogP contribution in [0.3, 0.4) is 0 Å². The van der Waals surface area contributed by atoms with Crippen LogP contribution in [-0.4, -0.2) is 23.2 Å². The van der Waals surface area contributed by atoms with Gasteiger partial charge in [0.1, 0.15) is 5.75 Å². The Hall–Kier alpha value is -1.88. The van der Waals surface area contributed by atoms with Crippen molar-refractivity contribution in [2.45, 2.75) is 32.3 Å². The minimum absolute atomic E-state index is 0.320. The maximum absolute atomic E-state index is 5.64. The zero-order valence-electron chi connectivity index (χ0n) is 11.6. The lowest BCUT2D eigenvalue weighted by Gasteiger charge is -2.18. The van der Waals surface area contributed by atoms with Crippen LogP contribution in [0, 0.1) is 6.92 Å². The fraction of sp³-hybridized carbons (Fsp3) is 0.467. The zero-order valence-corrected chi connectivity index (χ0v) is 11.6. The van der Waals surface area contributed by atoms with Gasteiger partial charge in [-0.15, -0.1) is 0 Å². The highest BCUT2D eigenvalue weighted by Gasteiger charge is 2.20. The first-order valence-electron chi connectivity index (χ1n) is 7.04. The molecule has 106 valence electrons. The summed E-state index contributed by atoms with van der Waals surface area (Å²) in [4.78, 5) is 4.44. The van der Waals surface area contributed by atoms with Crippen molar-refractivity contribution in [2.24, 2.45) is 0 Å². The van der Waals surface area contributed by atoms with Gasteiger partial charge in [0, 0.05) is 5.92 Å². The van der Waals surface area contributed by atoms with E-state index in [1.165, 1.54) is 5.56 Å². The van der Waals surface area contributed by atoms with Crippen LogP contribution < -0.4 is 10.1 Å². The molecule has 1 aliphatic rings. The van der Waals surface area contributed by atoms with Gasteiger partial charge < -0.3 is 14.6 Å². The summed E-state index contributed by atoms with van der Waals surface area (Å²) in [7, 11) is 0. The smallest absolute Gasteiger partial charge is 0.264 e. The molecule has 0 unspecified atom stereocenters. The van der Waals surface area contributed by atoms with Crippen LogP contribution >= 0.6 is 0 Å². The predicted molar refractivity (Wildman–Crippen MR) is 74.7 cm³/mol. The van der Waals surface area contributed by atoms with Gasteiger partial charge in [-0.2, -0.15) is 4.98 Å². The Morgan fingerprint density at radius 1 is 1.25 bits per heavy atom. The molecule has 0 saturated carbocycles. The Labute approximate surface area is 118 Å². The molecular formula is C15H19N3O2. The summed E-state index contributed by atoms with van der Waals surface area (Å²) in [5.41, 5.74) is 1.21. The van der Waals surface area contributed by atoms with Crippen molar-refractivity contribution < 1.29 is 9.26 Å². The molecule has 1 saturated heterocycles. The van der Waals surface area contributed by atoms with Crippen molar-refractivity contribution in [1.29, 1.82) is 0 Å². The molecule has 1 aromatic heterocycles. The van der Waals surface area contributed by atoms with Crippen LogP contribution in [0.4, 0.5) is 0 Å². The number of aryl methyl sites for hydroxylation is 1. The van der Waals surface area contributed by atoms with Crippen molar-refractivity contribution in [3.8, 4) is 5.75 Å². The van der Waals surface area contributed by atoms with Gasteiger partial charge in [-0.25, -0.2) is 0 Å². The summed E-state index contributed by atoms with van der Waals surface area (Å²) in [6.45, 7) is 4.41. The molecule has 1 N–H and O–H groups in total. The van der Waals surface area contributed by atoms with E-state index < -0.39 is 0 Å². The first-order chi connectivity index (χ1) is 9.81. The number of nitrogens with zero attached hydrogens (tertiary/aromatic N) is 2. The third-order valence-corrected chi connectivity index (χ3v) is 3.57. The molecule has 3 rings (SSSR count). The first-order valence-corrected chi connectivity index (χ1v) is 7.04. The van der Waals surface area contributed by atoms with Crippen molar-refractivity contribution in [2.75, 3.05) is 13.1 Å². The predicted octanol–water partition coefficient (Wildman–Crippen LogP) is 2.42. The van der Waals surface area contributed by atoms with Gasteiger partial charge >= 0.3 is 0 Å². The Morgan fingerprint density at radius 2 is 2.00 bits per heavy atom. The van der Waals surface area contributed by atoms with Gasteiger partial charge in [0.05, 0.1) is 0 Å². The molecular weight excluding hydrogens is 254 g/mol. The minimum atomic E-state index is 0.320. The normalized spacial score (nSPS) is 16.2. The van der Waals surface area contributed by atoms with Crippen LogP contribution in [0.25, 0.3) is 0 Å². The fourth-order valence-corrected chi connectivity index (χ4v) is 2.35. The summed E-state index contributed by atoms with van der Waals surface area (Å²) in [6.07, 6.45) is 2.13. The Morgan fingerprint density at radius 3 is 2.75 bits per heavy atom. The van der Waals surface area contributed by atoms with E-state index in [9.17, 15) is 0 Å². The molecule has 0 bridgehead atoms. The van der Waals surface area contributed by atoms with E-state index in [4.69, 9.17) is 9.26 Å². The molecule has 5 heteroatoms. The van der Waals surface area contributed by atoms with Gasteiger partial charge in [-0.05, 0) is 45.0 Å². The largest absolute Gasteiger partial charge is 0.484 e. The number of nitrogens with one attached hydrogen (secondary N) is 1. The molecule has 0 radical (unpaired) electrons. The average molecular weight is 273 g/mol.